The molecule has 0 bridgehead atoms. The molecule has 0 spiro atoms. The average molecular weight is 531 g/mol. The van der Waals surface area contributed by atoms with Crippen LogP contribution in [0.15, 0.2) is 0 Å². The van der Waals surface area contributed by atoms with E-state index in [1.165, 1.54) is 0 Å². The van der Waals surface area contributed by atoms with Gasteiger partial charge in [-0.1, -0.05) is 69.2 Å². The molecule has 1 aliphatic rings. The van der Waals surface area contributed by atoms with Gasteiger partial charge in [0.2, 0.25) is 12.4 Å². The van der Waals surface area contributed by atoms with E-state index in [-0.39, 0.29) is 0 Å². The van der Waals surface area contributed by atoms with Crippen molar-refractivity contribution in [1.82, 2.24) is 0 Å². The Balaban J connectivity index is 3.59. The molecular weight excluding hydrogens is 488 g/mol. The monoisotopic (exact) mass is 530 g/mol. The SMILES string of the molecule is CC(C)C(=O)OC[C@H]1O[C@@H](OC(=O)C(C)C)[C@H](OC(=O)C(C)C)[C@@H](OC(=O)C(C)C)[C@@H]1OC(=O)C(C)C. The summed E-state index contributed by atoms with van der Waals surface area (Å²) in [6.07, 6.45) is -6.94. The number of esters is 5. The van der Waals surface area contributed by atoms with E-state index in [0.717, 1.165) is 0 Å². The van der Waals surface area contributed by atoms with Crippen molar-refractivity contribution in [2.24, 2.45) is 29.6 Å². The van der Waals surface area contributed by atoms with E-state index in [2.05, 4.69) is 0 Å². The lowest BCUT2D eigenvalue weighted by molar-refractivity contribution is -0.303. The van der Waals surface area contributed by atoms with E-state index in [9.17, 15) is 24.0 Å². The van der Waals surface area contributed by atoms with Crippen molar-refractivity contribution in [3.63, 3.8) is 0 Å². The van der Waals surface area contributed by atoms with Gasteiger partial charge in [0.1, 0.15) is 12.7 Å². The highest BCUT2D eigenvalue weighted by atomic mass is 16.7. The first kappa shape index (κ1) is 32.3. The summed E-state index contributed by atoms with van der Waals surface area (Å²) in [6, 6.07) is 0. The topological polar surface area (TPSA) is 141 Å². The van der Waals surface area contributed by atoms with Gasteiger partial charge in [-0.3, -0.25) is 24.0 Å². The minimum atomic E-state index is -1.53. The highest BCUT2D eigenvalue weighted by molar-refractivity contribution is 5.74. The summed E-state index contributed by atoms with van der Waals surface area (Å²) >= 11 is 0. The second-order valence-electron chi connectivity index (χ2n) is 10.6. The van der Waals surface area contributed by atoms with Crippen LogP contribution < -0.4 is 0 Å². The number of hydrogen-bond acceptors (Lipinski definition) is 11. The molecule has 11 nitrogen and oxygen atoms in total. The summed E-state index contributed by atoms with van der Waals surface area (Å²) in [5.41, 5.74) is 0. The summed E-state index contributed by atoms with van der Waals surface area (Å²) in [4.78, 5) is 62.6. The summed E-state index contributed by atoms with van der Waals surface area (Å²) < 4.78 is 33.7. The first-order valence-electron chi connectivity index (χ1n) is 12.7. The Labute approximate surface area is 218 Å². The fourth-order valence-corrected chi connectivity index (χ4v) is 2.90. The third-order valence-electron chi connectivity index (χ3n) is 5.33. The van der Waals surface area contributed by atoms with Crippen LogP contribution in [0.4, 0.5) is 0 Å². The minimum absolute atomic E-state index is 0.399. The van der Waals surface area contributed by atoms with E-state index in [0.29, 0.717) is 0 Å². The van der Waals surface area contributed by atoms with Crippen LogP contribution >= 0.6 is 0 Å². The number of hydrogen-bond donors (Lipinski definition) is 0. The lowest BCUT2D eigenvalue weighted by Crippen LogP contribution is -2.64. The van der Waals surface area contributed by atoms with Gasteiger partial charge in [0.05, 0.1) is 29.6 Å². The molecular formula is C26H42O11. The van der Waals surface area contributed by atoms with Crippen molar-refractivity contribution in [2.75, 3.05) is 6.61 Å². The fraction of sp³-hybridized carbons (Fsp3) is 0.808. The quantitative estimate of drug-likeness (QED) is 0.287. The van der Waals surface area contributed by atoms with Gasteiger partial charge in [0.25, 0.3) is 0 Å². The lowest BCUT2D eigenvalue weighted by atomic mass is 9.97. The van der Waals surface area contributed by atoms with Gasteiger partial charge in [-0.05, 0) is 0 Å². The summed E-state index contributed by atoms with van der Waals surface area (Å²) in [6.45, 7) is 15.7. The Morgan fingerprint density at radius 2 is 0.865 bits per heavy atom. The molecule has 0 radical (unpaired) electrons. The van der Waals surface area contributed by atoms with Crippen LogP contribution in [0.25, 0.3) is 0 Å². The molecule has 1 fully saturated rings. The standard InChI is InChI=1S/C26H42O11/c1-12(2)21(27)32-11-17-18(34-22(28)13(3)4)19(35-23(29)14(5)6)20(36-24(30)15(7)8)26(33-17)37-25(31)16(9)10/h12-20,26H,11H2,1-10H3/t17-,18-,19+,20-,26+/m1/s1. The van der Waals surface area contributed by atoms with Gasteiger partial charge in [0, 0.05) is 0 Å². The molecule has 0 aliphatic carbocycles. The third kappa shape index (κ3) is 9.60. The molecule has 37 heavy (non-hydrogen) atoms. The van der Waals surface area contributed by atoms with Crippen LogP contribution in [0.2, 0.25) is 0 Å². The maximum Gasteiger partial charge on any atom is 0.310 e. The van der Waals surface area contributed by atoms with E-state index < -0.39 is 96.7 Å². The zero-order chi connectivity index (χ0) is 28.6. The number of carbonyl (C=O) groups is 5. The van der Waals surface area contributed by atoms with Crippen LogP contribution in [0.1, 0.15) is 69.2 Å². The number of carbonyl (C=O) groups excluding carboxylic acids is 5. The number of rotatable bonds is 11. The van der Waals surface area contributed by atoms with Crippen LogP contribution in [-0.4, -0.2) is 67.2 Å². The predicted octanol–water partition coefficient (Wildman–Crippen LogP) is 2.81. The molecule has 0 aromatic rings. The molecule has 0 amide bonds. The second-order valence-corrected chi connectivity index (χ2v) is 10.6. The molecule has 1 heterocycles. The van der Waals surface area contributed by atoms with Crippen molar-refractivity contribution in [3.05, 3.63) is 0 Å². The van der Waals surface area contributed by atoms with E-state index in [1.807, 2.05) is 0 Å². The van der Waals surface area contributed by atoms with Gasteiger partial charge >= 0.3 is 29.8 Å². The molecule has 0 unspecified atom stereocenters. The van der Waals surface area contributed by atoms with Crippen LogP contribution in [0.5, 0.6) is 0 Å². The van der Waals surface area contributed by atoms with Crippen molar-refractivity contribution >= 4 is 29.8 Å². The van der Waals surface area contributed by atoms with Gasteiger partial charge in [-0.25, -0.2) is 0 Å². The van der Waals surface area contributed by atoms with Crippen LogP contribution in [0.3, 0.4) is 0 Å². The Kier molecular flexibility index (Phi) is 12.5. The molecule has 0 N–H and O–H groups in total. The zero-order valence-corrected chi connectivity index (χ0v) is 23.5. The normalized spacial score (nSPS) is 23.8. The highest BCUT2D eigenvalue weighted by Crippen LogP contribution is 2.32. The molecule has 0 saturated carbocycles. The molecule has 11 heteroatoms. The smallest absolute Gasteiger partial charge is 0.310 e. The predicted molar refractivity (Wildman–Crippen MR) is 130 cm³/mol. The lowest BCUT2D eigenvalue weighted by Gasteiger charge is -2.44. The number of ether oxygens (including phenoxy) is 6. The molecule has 1 rings (SSSR count). The fourth-order valence-electron chi connectivity index (χ4n) is 2.90. The second kappa shape index (κ2) is 14.3. The summed E-state index contributed by atoms with van der Waals surface area (Å²) in [7, 11) is 0. The maximum absolute atomic E-state index is 12.7. The van der Waals surface area contributed by atoms with Crippen LogP contribution in [0, 0.1) is 29.6 Å². The zero-order valence-electron chi connectivity index (χ0n) is 23.5. The van der Waals surface area contributed by atoms with E-state index in [4.69, 9.17) is 28.4 Å². The van der Waals surface area contributed by atoms with Gasteiger partial charge in [-0.15, -0.1) is 0 Å². The molecule has 212 valence electrons. The minimum Gasteiger partial charge on any atom is -0.463 e. The molecule has 0 aromatic carbocycles. The summed E-state index contributed by atoms with van der Waals surface area (Å²) in [5.74, 6) is -5.95. The average Bonchev–Trinajstić information content (AvgIpc) is 2.80. The molecule has 1 aliphatic heterocycles. The Hall–Kier alpha value is -2.69. The van der Waals surface area contributed by atoms with Gasteiger partial charge in [0.15, 0.2) is 12.2 Å². The largest absolute Gasteiger partial charge is 0.463 e. The first-order chi connectivity index (χ1) is 17.1. The summed E-state index contributed by atoms with van der Waals surface area (Å²) in [5, 5.41) is 0. The Bertz CT molecular complexity index is 815. The van der Waals surface area contributed by atoms with E-state index >= 15 is 0 Å². The molecule has 1 saturated heterocycles. The Morgan fingerprint density at radius 1 is 0.514 bits per heavy atom. The van der Waals surface area contributed by atoms with Crippen molar-refractivity contribution in [1.29, 1.82) is 0 Å². The highest BCUT2D eigenvalue weighted by Gasteiger charge is 2.54. The Morgan fingerprint density at radius 3 is 1.27 bits per heavy atom. The molecule has 0 aromatic heterocycles. The molecule has 5 atom stereocenters. The maximum atomic E-state index is 12.7. The van der Waals surface area contributed by atoms with Crippen molar-refractivity contribution in [2.45, 2.75) is 99.9 Å². The van der Waals surface area contributed by atoms with Crippen molar-refractivity contribution in [3.8, 4) is 0 Å². The van der Waals surface area contributed by atoms with Gasteiger partial charge < -0.3 is 28.4 Å². The first-order valence-corrected chi connectivity index (χ1v) is 12.7. The van der Waals surface area contributed by atoms with Gasteiger partial charge in [-0.2, -0.15) is 0 Å². The van der Waals surface area contributed by atoms with Crippen molar-refractivity contribution < 1.29 is 52.4 Å². The third-order valence-corrected chi connectivity index (χ3v) is 5.33. The van der Waals surface area contributed by atoms with Crippen LogP contribution in [-0.2, 0) is 52.4 Å². The van der Waals surface area contributed by atoms with E-state index in [1.54, 1.807) is 69.2 Å².